The van der Waals surface area contributed by atoms with Gasteiger partial charge in [-0.2, -0.15) is 4.62 Å². The predicted octanol–water partition coefficient (Wildman–Crippen LogP) is -4.01. The molecule has 12 heavy (non-hydrogen) atoms. The smallest absolute Gasteiger partial charge is 0.412 e. The summed E-state index contributed by atoms with van der Waals surface area (Å²) in [4.78, 5) is 24.4. The summed E-state index contributed by atoms with van der Waals surface area (Å²) in [6.07, 6.45) is 0. The van der Waals surface area contributed by atoms with E-state index in [1.165, 1.54) is 0 Å². The van der Waals surface area contributed by atoms with E-state index in [2.05, 4.69) is 4.62 Å². The normalized spacial score (nSPS) is 7.17. The Balaban J connectivity index is -0.0000000408. The van der Waals surface area contributed by atoms with Crippen LogP contribution in [0.15, 0.2) is 0 Å². The van der Waals surface area contributed by atoms with Crippen LogP contribution in [0, 0.1) is 10.1 Å². The Hall–Kier alpha value is -0.810. The molecule has 0 rings (SSSR count). The van der Waals surface area contributed by atoms with Crippen LogP contribution < -0.4 is 0 Å². The number of hydrogen-bond acceptors (Lipinski definition) is 4. The van der Waals surface area contributed by atoms with E-state index in [1.54, 1.807) is 0 Å². The molecule has 0 atom stereocenters. The summed E-state index contributed by atoms with van der Waals surface area (Å²) in [6.45, 7) is 0. The maximum absolute atomic E-state index is 9.47. The lowest BCUT2D eigenvalue weighted by Crippen LogP contribution is -1.96. The molecule has 0 aliphatic heterocycles. The number of phosphoric acid groups is 1. The van der Waals surface area contributed by atoms with E-state index in [1.807, 2.05) is 0 Å². The largest absolute Gasteiger partial charge is 0.501 e. The monoisotopic (exact) mass is 215 g/mol. The summed E-state index contributed by atoms with van der Waals surface area (Å²) in [5, 5.41) is 7.55. The fourth-order valence-corrected chi connectivity index (χ4v) is 0.261. The van der Waals surface area contributed by atoms with Crippen molar-refractivity contribution >= 4 is 7.82 Å². The highest BCUT2D eigenvalue weighted by molar-refractivity contribution is 7.46. The van der Waals surface area contributed by atoms with Crippen molar-refractivity contribution in [1.29, 1.82) is 0 Å². The minimum Gasteiger partial charge on any atom is -0.412 e. The molecule has 0 aromatic heterocycles. The van der Waals surface area contributed by atoms with E-state index in [4.69, 9.17) is 19.9 Å². The van der Waals surface area contributed by atoms with Crippen LogP contribution in [0.2, 0.25) is 0 Å². The van der Waals surface area contributed by atoms with Gasteiger partial charge in [0.05, 0.1) is 0 Å². The van der Waals surface area contributed by atoms with Crippen LogP contribution in [0.1, 0.15) is 0 Å². The van der Waals surface area contributed by atoms with Gasteiger partial charge in [-0.3, -0.25) is 0 Å². The van der Waals surface area contributed by atoms with Crippen molar-refractivity contribution in [3.05, 3.63) is 10.1 Å². The van der Waals surface area contributed by atoms with Gasteiger partial charge in [0, 0.05) is 0 Å². The van der Waals surface area contributed by atoms with E-state index < -0.39 is 12.9 Å². The van der Waals surface area contributed by atoms with E-state index in [-0.39, 0.29) is 21.9 Å². The highest BCUT2D eigenvalue weighted by atomic mass is 31.2. The minimum atomic E-state index is -4.92. The summed E-state index contributed by atoms with van der Waals surface area (Å²) in [6, 6.07) is 0. The zero-order valence-corrected chi connectivity index (χ0v) is 6.32. The van der Waals surface area contributed by atoms with E-state index >= 15 is 0 Å². The lowest BCUT2D eigenvalue weighted by atomic mass is 13.1. The van der Waals surface area contributed by atoms with Crippen molar-refractivity contribution in [3.63, 3.8) is 0 Å². The van der Waals surface area contributed by atoms with E-state index in [0.29, 0.717) is 0 Å². The molecule has 0 aliphatic carbocycles. The van der Waals surface area contributed by atoms with Crippen molar-refractivity contribution in [2.24, 2.45) is 0 Å². The molecular formula is H10NO10P. The molecule has 12 heteroatoms. The average Bonchev–Trinajstić information content (AvgIpc) is 1.21. The Morgan fingerprint density at radius 3 is 1.42 bits per heavy atom. The van der Waals surface area contributed by atoms with Crippen LogP contribution in [0.3, 0.4) is 0 Å². The van der Waals surface area contributed by atoms with Crippen molar-refractivity contribution in [2.75, 3.05) is 0 Å². The molecule has 0 aliphatic rings. The van der Waals surface area contributed by atoms with Crippen molar-refractivity contribution in [1.82, 2.24) is 0 Å². The lowest BCUT2D eigenvalue weighted by molar-refractivity contribution is -0.718. The minimum absolute atomic E-state index is 0. The SMILES string of the molecule is O.O.O.O.O=[N+]([O-])OP(=O)(O)O. The Labute approximate surface area is 65.2 Å². The zero-order chi connectivity index (χ0) is 6.78. The van der Waals surface area contributed by atoms with Gasteiger partial charge in [0.2, 0.25) is 0 Å². The first kappa shape index (κ1) is 30.3. The second-order valence-corrected chi connectivity index (χ2v) is 1.94. The highest BCUT2D eigenvalue weighted by Crippen LogP contribution is 2.35. The Morgan fingerprint density at radius 1 is 1.17 bits per heavy atom. The number of nitrogens with zero attached hydrogens (tertiary/aromatic N) is 1. The van der Waals surface area contributed by atoms with Crippen LogP contribution in [-0.4, -0.2) is 36.8 Å². The molecule has 0 saturated carbocycles. The van der Waals surface area contributed by atoms with Gasteiger partial charge in [0.1, 0.15) is 0 Å². The molecule has 0 aromatic rings. The maximum atomic E-state index is 9.47. The second kappa shape index (κ2) is 10.2. The molecular weight excluding hydrogens is 205 g/mol. The van der Waals surface area contributed by atoms with Crippen LogP contribution in [0.4, 0.5) is 0 Å². The van der Waals surface area contributed by atoms with Gasteiger partial charge in [0.15, 0.2) is 0 Å². The quantitative estimate of drug-likeness (QED) is 0.263. The van der Waals surface area contributed by atoms with Crippen LogP contribution >= 0.6 is 7.82 Å². The first-order valence-electron chi connectivity index (χ1n) is 1.31. The lowest BCUT2D eigenvalue weighted by Gasteiger charge is -1.95. The van der Waals surface area contributed by atoms with Gasteiger partial charge >= 0.3 is 12.9 Å². The molecule has 0 aromatic carbocycles. The zero-order valence-electron chi connectivity index (χ0n) is 5.42. The van der Waals surface area contributed by atoms with E-state index in [9.17, 15) is 4.57 Å². The molecule has 0 unspecified atom stereocenters. The van der Waals surface area contributed by atoms with Crippen LogP contribution in [-0.2, 0) is 9.19 Å². The van der Waals surface area contributed by atoms with E-state index in [0.717, 1.165) is 0 Å². The number of rotatable bonds is 2. The standard InChI is InChI=1S/H2NO6P.4H2O/c2-1(3)7-8(4,5)6;;;;/h(H2,4,5,6);4*1H2. The molecule has 0 amide bonds. The number of hydrogen-bond donors (Lipinski definition) is 2. The van der Waals surface area contributed by atoms with Gasteiger partial charge in [0.25, 0.3) is 0 Å². The highest BCUT2D eigenvalue weighted by Gasteiger charge is 2.17. The molecule has 0 fully saturated rings. The summed E-state index contributed by atoms with van der Waals surface area (Å²) in [7, 11) is -4.92. The first-order valence-corrected chi connectivity index (χ1v) is 2.84. The molecule has 0 heterocycles. The molecule has 80 valence electrons. The van der Waals surface area contributed by atoms with Gasteiger partial charge in [-0.1, -0.05) is 0 Å². The topological polar surface area (TPSA) is 236 Å². The third-order valence-corrected chi connectivity index (χ3v) is 0.519. The maximum Gasteiger partial charge on any atom is 0.501 e. The Kier molecular flexibility index (Phi) is 25.8. The summed E-state index contributed by atoms with van der Waals surface area (Å²) in [5.41, 5.74) is 0. The van der Waals surface area contributed by atoms with Crippen molar-refractivity contribution in [3.8, 4) is 0 Å². The molecule has 0 bridgehead atoms. The average molecular weight is 215 g/mol. The molecule has 0 radical (unpaired) electrons. The third-order valence-electron chi connectivity index (χ3n) is 0.173. The Bertz CT molecular complexity index is 133. The van der Waals surface area contributed by atoms with Crippen molar-refractivity contribution in [2.45, 2.75) is 0 Å². The molecule has 0 spiro atoms. The van der Waals surface area contributed by atoms with Crippen molar-refractivity contribution < 1.29 is 46.0 Å². The fraction of sp³-hybridized carbons (Fsp3) is 0. The van der Waals surface area contributed by atoms with Gasteiger partial charge in [-0.15, -0.1) is 10.1 Å². The third kappa shape index (κ3) is 35.1. The van der Waals surface area contributed by atoms with Gasteiger partial charge in [-0.25, -0.2) is 4.57 Å². The fourth-order valence-electron chi connectivity index (χ4n) is 0.0868. The summed E-state index contributed by atoms with van der Waals surface area (Å²) in [5.74, 6) is 0. The molecule has 11 nitrogen and oxygen atoms in total. The summed E-state index contributed by atoms with van der Waals surface area (Å²) < 4.78 is 12.3. The van der Waals surface area contributed by atoms with Gasteiger partial charge < -0.3 is 31.7 Å². The summed E-state index contributed by atoms with van der Waals surface area (Å²) >= 11 is 0. The second-order valence-electron chi connectivity index (χ2n) is 0.796. The predicted molar refractivity (Wildman–Crippen MR) is 34.6 cm³/mol. The molecule has 0 saturated heterocycles. The Morgan fingerprint density at radius 2 is 1.42 bits per heavy atom. The van der Waals surface area contributed by atoms with Gasteiger partial charge in [-0.05, 0) is 0 Å². The van der Waals surface area contributed by atoms with Crippen LogP contribution in [0.25, 0.3) is 0 Å². The first-order chi connectivity index (χ1) is 3.42. The molecule has 10 N–H and O–H groups in total. The van der Waals surface area contributed by atoms with Crippen LogP contribution in [0.5, 0.6) is 0 Å².